The zero-order chi connectivity index (χ0) is 9.90. The van der Waals surface area contributed by atoms with E-state index in [-0.39, 0.29) is 5.75 Å². The Kier molecular flexibility index (Phi) is 2.95. The molecular weight excluding hydrogens is 212 g/mol. The van der Waals surface area contributed by atoms with Gasteiger partial charge in [0.1, 0.15) is 5.75 Å². The van der Waals surface area contributed by atoms with Crippen molar-refractivity contribution in [1.82, 2.24) is 0 Å². The van der Waals surface area contributed by atoms with Crippen LogP contribution in [0, 0.1) is 0 Å². The van der Waals surface area contributed by atoms with E-state index in [1.54, 1.807) is 0 Å². The minimum atomic E-state index is -3.66. The average Bonchev–Trinajstić information content (AvgIpc) is 2.09. The van der Waals surface area contributed by atoms with Crippen molar-refractivity contribution in [2.45, 2.75) is 0 Å². The lowest BCUT2D eigenvalue weighted by Gasteiger charge is -2.01. The van der Waals surface area contributed by atoms with Crippen LogP contribution in [0.1, 0.15) is 0 Å². The first-order valence-electron chi connectivity index (χ1n) is 3.36. The fourth-order valence-electron chi connectivity index (χ4n) is 0.658. The van der Waals surface area contributed by atoms with Crippen LogP contribution < -0.4 is 4.18 Å². The van der Waals surface area contributed by atoms with Gasteiger partial charge in [0.15, 0.2) is 0 Å². The van der Waals surface area contributed by atoms with Crippen molar-refractivity contribution in [2.24, 2.45) is 0 Å². The molecule has 1 aromatic rings. The third-order valence-electron chi connectivity index (χ3n) is 1.23. The van der Waals surface area contributed by atoms with Gasteiger partial charge < -0.3 is 4.18 Å². The number of benzene rings is 1. The van der Waals surface area contributed by atoms with Gasteiger partial charge in [-0.15, -0.1) is 0 Å². The third kappa shape index (κ3) is 3.08. The molecule has 13 heavy (non-hydrogen) atoms. The molecule has 0 unspecified atom stereocenters. The van der Waals surface area contributed by atoms with Gasteiger partial charge in [0, 0.05) is 5.02 Å². The summed E-state index contributed by atoms with van der Waals surface area (Å²) in [5, 5.41) is 1.25. The van der Waals surface area contributed by atoms with Gasteiger partial charge in [-0.05, 0) is 24.3 Å². The molecule has 0 aliphatic heterocycles. The van der Waals surface area contributed by atoms with Crippen LogP contribution in [0.25, 0.3) is 0 Å². The van der Waals surface area contributed by atoms with Gasteiger partial charge in [0.05, 0.1) is 5.41 Å². The maximum absolute atomic E-state index is 10.9. The first-order chi connectivity index (χ1) is 6.03. The molecule has 0 amide bonds. The molecule has 1 aromatic carbocycles. The molecule has 0 saturated carbocycles. The van der Waals surface area contributed by atoms with Gasteiger partial charge >= 0.3 is 10.1 Å². The molecule has 0 aliphatic rings. The summed E-state index contributed by atoms with van der Waals surface area (Å²) in [6.45, 7) is 3.11. The smallest absolute Gasteiger partial charge is 0.331 e. The number of halogens is 1. The molecule has 0 heterocycles. The van der Waals surface area contributed by atoms with Crippen molar-refractivity contribution >= 4 is 21.7 Å². The molecule has 0 spiro atoms. The monoisotopic (exact) mass is 218 g/mol. The Morgan fingerprint density at radius 1 is 1.31 bits per heavy atom. The molecule has 0 bridgehead atoms. The van der Waals surface area contributed by atoms with Gasteiger partial charge in [-0.2, -0.15) is 8.42 Å². The number of hydrogen-bond donors (Lipinski definition) is 0. The molecular formula is C8H7ClO3S. The van der Waals surface area contributed by atoms with Crippen molar-refractivity contribution in [2.75, 3.05) is 0 Å². The van der Waals surface area contributed by atoms with E-state index in [1.165, 1.54) is 24.3 Å². The number of rotatable bonds is 3. The van der Waals surface area contributed by atoms with Gasteiger partial charge in [-0.1, -0.05) is 18.2 Å². The van der Waals surface area contributed by atoms with Crippen molar-refractivity contribution in [3.05, 3.63) is 41.3 Å². The van der Waals surface area contributed by atoms with Crippen LogP contribution in [0.2, 0.25) is 5.02 Å². The highest BCUT2D eigenvalue weighted by atomic mass is 35.5. The molecule has 0 saturated heterocycles. The Labute approximate surface area is 81.7 Å². The molecule has 70 valence electrons. The Morgan fingerprint density at radius 3 is 2.31 bits per heavy atom. The van der Waals surface area contributed by atoms with Gasteiger partial charge in [0.25, 0.3) is 0 Å². The molecule has 0 aromatic heterocycles. The molecule has 1 rings (SSSR count). The summed E-state index contributed by atoms with van der Waals surface area (Å²) in [6, 6.07) is 6.00. The summed E-state index contributed by atoms with van der Waals surface area (Å²) in [5.41, 5.74) is 0. The molecule has 3 nitrogen and oxygen atoms in total. The summed E-state index contributed by atoms with van der Waals surface area (Å²) in [4.78, 5) is 0. The summed E-state index contributed by atoms with van der Waals surface area (Å²) in [5.74, 6) is 0.212. The maximum atomic E-state index is 10.9. The van der Waals surface area contributed by atoms with E-state index in [4.69, 9.17) is 11.6 Å². The number of hydrogen-bond acceptors (Lipinski definition) is 3. The first kappa shape index (κ1) is 10.1. The van der Waals surface area contributed by atoms with E-state index < -0.39 is 10.1 Å². The lowest BCUT2D eigenvalue weighted by atomic mass is 10.3. The fraction of sp³-hybridized carbons (Fsp3) is 0. The van der Waals surface area contributed by atoms with Crippen molar-refractivity contribution in [3.8, 4) is 5.75 Å². The van der Waals surface area contributed by atoms with E-state index in [2.05, 4.69) is 10.8 Å². The van der Waals surface area contributed by atoms with E-state index >= 15 is 0 Å². The molecule has 0 N–H and O–H groups in total. The Morgan fingerprint density at radius 2 is 1.85 bits per heavy atom. The zero-order valence-corrected chi connectivity index (χ0v) is 8.18. The second-order valence-electron chi connectivity index (χ2n) is 2.20. The summed E-state index contributed by atoms with van der Waals surface area (Å²) in [6.07, 6.45) is 0. The van der Waals surface area contributed by atoms with E-state index in [0.29, 0.717) is 5.02 Å². The topological polar surface area (TPSA) is 43.4 Å². The predicted octanol–water partition coefficient (Wildman–Crippen LogP) is 2.19. The van der Waals surface area contributed by atoms with Crippen LogP contribution in [-0.4, -0.2) is 8.42 Å². The van der Waals surface area contributed by atoms with Crippen LogP contribution in [0.15, 0.2) is 36.3 Å². The largest absolute Gasteiger partial charge is 0.379 e. The van der Waals surface area contributed by atoms with Crippen LogP contribution in [0.3, 0.4) is 0 Å². The minimum absolute atomic E-state index is 0.212. The van der Waals surface area contributed by atoms with E-state index in [9.17, 15) is 8.42 Å². The standard InChI is InChI=1S/C8H7ClO3S/c1-2-13(10,11)12-8-5-3-7(9)4-6-8/h2-6H,1H2. The zero-order valence-electron chi connectivity index (χ0n) is 6.60. The Balaban J connectivity index is 2.88. The third-order valence-corrected chi connectivity index (χ3v) is 2.32. The maximum Gasteiger partial charge on any atom is 0.331 e. The van der Waals surface area contributed by atoms with Crippen LogP contribution >= 0.6 is 11.6 Å². The summed E-state index contributed by atoms with van der Waals surface area (Å²) >= 11 is 5.59. The quantitative estimate of drug-likeness (QED) is 0.731. The van der Waals surface area contributed by atoms with Crippen LogP contribution in [0.4, 0.5) is 0 Å². The second kappa shape index (κ2) is 3.81. The Hall–Kier alpha value is -1.00. The molecule has 0 radical (unpaired) electrons. The van der Waals surface area contributed by atoms with E-state index in [0.717, 1.165) is 5.41 Å². The predicted molar refractivity (Wildman–Crippen MR) is 51.2 cm³/mol. The van der Waals surface area contributed by atoms with Gasteiger partial charge in [0.2, 0.25) is 0 Å². The fourth-order valence-corrected chi connectivity index (χ4v) is 1.23. The average molecular weight is 219 g/mol. The van der Waals surface area contributed by atoms with Crippen molar-refractivity contribution < 1.29 is 12.6 Å². The van der Waals surface area contributed by atoms with Crippen LogP contribution in [-0.2, 0) is 10.1 Å². The lowest BCUT2D eigenvalue weighted by molar-refractivity contribution is 0.497. The normalized spacial score (nSPS) is 10.8. The van der Waals surface area contributed by atoms with Gasteiger partial charge in [-0.3, -0.25) is 0 Å². The summed E-state index contributed by atoms with van der Waals surface area (Å²) in [7, 11) is -3.66. The molecule has 5 heteroatoms. The Bertz CT molecular complexity index is 394. The summed E-state index contributed by atoms with van der Waals surface area (Å²) < 4.78 is 26.4. The first-order valence-corrected chi connectivity index (χ1v) is 5.21. The highest BCUT2D eigenvalue weighted by Gasteiger charge is 2.05. The molecule has 0 aliphatic carbocycles. The lowest BCUT2D eigenvalue weighted by Crippen LogP contribution is -2.03. The minimum Gasteiger partial charge on any atom is -0.379 e. The van der Waals surface area contributed by atoms with Crippen LogP contribution in [0.5, 0.6) is 5.75 Å². The van der Waals surface area contributed by atoms with Crippen molar-refractivity contribution in [3.63, 3.8) is 0 Å². The molecule has 0 atom stereocenters. The highest BCUT2D eigenvalue weighted by Crippen LogP contribution is 2.17. The SMILES string of the molecule is C=CS(=O)(=O)Oc1ccc(Cl)cc1. The molecule has 0 fully saturated rings. The second-order valence-corrected chi connectivity index (χ2v) is 4.12. The van der Waals surface area contributed by atoms with Crippen molar-refractivity contribution in [1.29, 1.82) is 0 Å². The van der Waals surface area contributed by atoms with E-state index in [1.807, 2.05) is 0 Å². The van der Waals surface area contributed by atoms with Gasteiger partial charge in [-0.25, -0.2) is 0 Å². The highest BCUT2D eigenvalue weighted by molar-refractivity contribution is 7.90.